The average molecular weight is 313 g/mol. The lowest BCUT2D eigenvalue weighted by molar-refractivity contribution is -0.137. The van der Waals surface area contributed by atoms with E-state index in [9.17, 15) is 14.0 Å². The largest absolute Gasteiger partial charge is 0.480 e. The summed E-state index contributed by atoms with van der Waals surface area (Å²) in [7, 11) is 1.58. The highest BCUT2D eigenvalue weighted by molar-refractivity contribution is 8.01. The summed E-state index contributed by atoms with van der Waals surface area (Å²) >= 11 is 1.10. The van der Waals surface area contributed by atoms with Crippen LogP contribution in [0.5, 0.6) is 0 Å². The Labute approximate surface area is 128 Å². The van der Waals surface area contributed by atoms with Gasteiger partial charge in [0.25, 0.3) is 0 Å². The zero-order valence-electron chi connectivity index (χ0n) is 12.4. The Morgan fingerprint density at radius 1 is 1.33 bits per heavy atom. The summed E-state index contributed by atoms with van der Waals surface area (Å²) in [6.07, 6.45) is 0. The molecule has 0 aromatic heterocycles. The topological polar surface area (TPSA) is 57.6 Å². The van der Waals surface area contributed by atoms with Crippen molar-refractivity contribution in [3.63, 3.8) is 0 Å². The summed E-state index contributed by atoms with van der Waals surface area (Å²) in [5.41, 5.74) is 0.442. The van der Waals surface area contributed by atoms with Gasteiger partial charge in [0, 0.05) is 19.2 Å². The van der Waals surface area contributed by atoms with E-state index < -0.39 is 11.2 Å². The number of rotatable bonds is 7. The first-order valence-corrected chi connectivity index (χ1v) is 7.69. The van der Waals surface area contributed by atoms with E-state index in [1.165, 1.54) is 11.0 Å². The van der Waals surface area contributed by atoms with Crippen molar-refractivity contribution in [2.75, 3.05) is 12.8 Å². The van der Waals surface area contributed by atoms with Gasteiger partial charge in [0.05, 0.1) is 5.75 Å². The molecule has 0 aliphatic rings. The molecule has 1 N–H and O–H groups in total. The van der Waals surface area contributed by atoms with E-state index in [-0.39, 0.29) is 29.9 Å². The second-order valence-corrected chi connectivity index (χ2v) is 6.28. The van der Waals surface area contributed by atoms with Crippen LogP contribution >= 0.6 is 11.8 Å². The van der Waals surface area contributed by atoms with Crippen LogP contribution in [0.15, 0.2) is 24.3 Å². The fourth-order valence-corrected chi connectivity index (χ4v) is 2.86. The van der Waals surface area contributed by atoms with Crippen LogP contribution in [0.4, 0.5) is 4.39 Å². The van der Waals surface area contributed by atoms with Crippen LogP contribution in [-0.2, 0) is 16.1 Å². The van der Waals surface area contributed by atoms with E-state index in [0.717, 1.165) is 11.8 Å². The molecule has 0 aliphatic heterocycles. The molecule has 0 spiro atoms. The van der Waals surface area contributed by atoms with Gasteiger partial charge in [0.15, 0.2) is 0 Å². The van der Waals surface area contributed by atoms with E-state index in [2.05, 4.69) is 0 Å². The van der Waals surface area contributed by atoms with Crippen LogP contribution in [0.25, 0.3) is 0 Å². The molecular formula is C15H20FNO3S. The predicted octanol–water partition coefficient (Wildman–Crippen LogP) is 2.63. The van der Waals surface area contributed by atoms with Gasteiger partial charge in [-0.2, -0.15) is 0 Å². The van der Waals surface area contributed by atoms with Gasteiger partial charge in [-0.1, -0.05) is 32.0 Å². The number of aliphatic carboxylic acids is 1. The molecule has 0 heterocycles. The second-order valence-electron chi connectivity index (χ2n) is 5.16. The lowest BCUT2D eigenvalue weighted by Crippen LogP contribution is -2.31. The highest BCUT2D eigenvalue weighted by atomic mass is 32.2. The Balaban J connectivity index is 2.55. The molecule has 21 heavy (non-hydrogen) atoms. The second kappa shape index (κ2) is 8.02. The number of carboxylic acids is 1. The van der Waals surface area contributed by atoms with E-state index in [1.54, 1.807) is 39.1 Å². The minimum absolute atomic E-state index is 0.0582. The number of nitrogens with zero attached hydrogens (tertiary/aromatic N) is 1. The fourth-order valence-electron chi connectivity index (χ4n) is 1.79. The van der Waals surface area contributed by atoms with Gasteiger partial charge in [0.2, 0.25) is 5.91 Å². The first-order chi connectivity index (χ1) is 9.82. The summed E-state index contributed by atoms with van der Waals surface area (Å²) in [5.74, 6) is -1.47. The first-order valence-electron chi connectivity index (χ1n) is 6.64. The summed E-state index contributed by atoms with van der Waals surface area (Å²) in [6.45, 7) is 3.78. The van der Waals surface area contributed by atoms with Crippen molar-refractivity contribution in [2.24, 2.45) is 5.92 Å². The Kier molecular flexibility index (Phi) is 6.68. The molecular weight excluding hydrogens is 293 g/mol. The van der Waals surface area contributed by atoms with Gasteiger partial charge in [0.1, 0.15) is 11.1 Å². The van der Waals surface area contributed by atoms with Crippen LogP contribution in [0.3, 0.4) is 0 Å². The maximum Gasteiger partial charge on any atom is 0.316 e. The molecule has 1 atom stereocenters. The monoisotopic (exact) mass is 313 g/mol. The molecule has 0 saturated heterocycles. The van der Waals surface area contributed by atoms with Gasteiger partial charge in [-0.25, -0.2) is 4.39 Å². The molecule has 1 amide bonds. The maximum absolute atomic E-state index is 13.5. The number of carboxylic acid groups (broad SMARTS) is 1. The summed E-state index contributed by atoms with van der Waals surface area (Å²) in [5, 5.41) is 8.46. The summed E-state index contributed by atoms with van der Waals surface area (Å²) < 4.78 is 13.5. The minimum atomic E-state index is -0.917. The molecule has 0 radical (unpaired) electrons. The van der Waals surface area contributed by atoms with E-state index >= 15 is 0 Å². The highest BCUT2D eigenvalue weighted by Crippen LogP contribution is 2.20. The van der Waals surface area contributed by atoms with Gasteiger partial charge in [-0.3, -0.25) is 9.59 Å². The molecule has 0 bridgehead atoms. The summed E-state index contributed by atoms with van der Waals surface area (Å²) in [6, 6.07) is 6.28. The predicted molar refractivity (Wildman–Crippen MR) is 81.6 cm³/mol. The van der Waals surface area contributed by atoms with Crippen molar-refractivity contribution in [3.05, 3.63) is 35.6 Å². The van der Waals surface area contributed by atoms with Crippen molar-refractivity contribution >= 4 is 23.6 Å². The van der Waals surface area contributed by atoms with Crippen molar-refractivity contribution < 1.29 is 19.1 Å². The Bertz CT molecular complexity index is 507. The molecule has 1 aromatic carbocycles. The summed E-state index contributed by atoms with van der Waals surface area (Å²) in [4.78, 5) is 24.5. The number of amides is 1. The lowest BCUT2D eigenvalue weighted by atomic mass is 10.1. The van der Waals surface area contributed by atoms with Gasteiger partial charge in [-0.15, -0.1) is 11.8 Å². The molecule has 116 valence electrons. The number of halogens is 1. The lowest BCUT2D eigenvalue weighted by Gasteiger charge is -2.20. The Morgan fingerprint density at radius 3 is 2.48 bits per heavy atom. The van der Waals surface area contributed by atoms with Crippen LogP contribution in [0.1, 0.15) is 19.4 Å². The van der Waals surface area contributed by atoms with Gasteiger partial charge in [-0.05, 0) is 12.0 Å². The smallest absolute Gasteiger partial charge is 0.316 e. The third kappa shape index (κ3) is 5.38. The molecule has 1 unspecified atom stereocenters. The van der Waals surface area contributed by atoms with Crippen LogP contribution < -0.4 is 0 Å². The van der Waals surface area contributed by atoms with Crippen LogP contribution in [0, 0.1) is 11.7 Å². The van der Waals surface area contributed by atoms with Gasteiger partial charge < -0.3 is 10.0 Å². The van der Waals surface area contributed by atoms with Crippen molar-refractivity contribution in [2.45, 2.75) is 25.6 Å². The molecule has 6 heteroatoms. The average Bonchev–Trinajstić information content (AvgIpc) is 2.40. The van der Waals surface area contributed by atoms with Crippen LogP contribution in [-0.4, -0.2) is 39.9 Å². The van der Waals surface area contributed by atoms with Crippen molar-refractivity contribution in [1.29, 1.82) is 0 Å². The van der Waals surface area contributed by atoms with Crippen molar-refractivity contribution in [3.8, 4) is 0 Å². The molecule has 4 nitrogen and oxygen atoms in total. The zero-order valence-corrected chi connectivity index (χ0v) is 13.2. The SMILES string of the molecule is CC(C)C(SCC(=O)N(C)Cc1ccccc1F)C(=O)O. The third-order valence-electron chi connectivity index (χ3n) is 3.03. The Hall–Kier alpha value is -1.56. The van der Waals surface area contributed by atoms with E-state index in [1.807, 2.05) is 0 Å². The Morgan fingerprint density at radius 2 is 1.95 bits per heavy atom. The molecule has 1 aromatic rings. The number of carbonyl (C=O) groups excluding carboxylic acids is 1. The number of carbonyl (C=O) groups is 2. The highest BCUT2D eigenvalue weighted by Gasteiger charge is 2.23. The number of thioether (sulfide) groups is 1. The molecule has 1 rings (SSSR count). The number of hydrogen-bond acceptors (Lipinski definition) is 3. The molecule has 0 aliphatic carbocycles. The zero-order chi connectivity index (χ0) is 16.0. The fraction of sp³-hybridized carbons (Fsp3) is 0.467. The molecule has 0 fully saturated rings. The third-order valence-corrected chi connectivity index (χ3v) is 4.55. The van der Waals surface area contributed by atoms with Crippen molar-refractivity contribution in [1.82, 2.24) is 4.90 Å². The standard InChI is InChI=1S/C15H20FNO3S/c1-10(2)14(15(19)20)21-9-13(18)17(3)8-11-6-4-5-7-12(11)16/h4-7,10,14H,8-9H2,1-3H3,(H,19,20). The first kappa shape index (κ1) is 17.5. The minimum Gasteiger partial charge on any atom is -0.480 e. The van der Waals surface area contributed by atoms with E-state index in [4.69, 9.17) is 5.11 Å². The normalized spacial score (nSPS) is 12.2. The number of benzene rings is 1. The number of hydrogen-bond donors (Lipinski definition) is 1. The van der Waals surface area contributed by atoms with Gasteiger partial charge >= 0.3 is 5.97 Å². The quantitative estimate of drug-likeness (QED) is 0.841. The molecule has 0 saturated carbocycles. The van der Waals surface area contributed by atoms with Crippen LogP contribution in [0.2, 0.25) is 0 Å². The van der Waals surface area contributed by atoms with E-state index in [0.29, 0.717) is 5.56 Å². The maximum atomic E-state index is 13.5.